The average Bonchev–Trinajstić information content (AvgIpc) is 3.54. The standard InChI is InChI=1S/C37H27BrClN5O2/c1-46-30-18-11-24(12-19-30)34-22-33(23-7-13-27(38)14-8-23)43-44(34)36(45)26-9-16-29(17-10-26)40-37-41-32-20-15-28(39)21-31(32)35(42-37)25-5-3-2-4-6-25/h2-21,34H,22H2,1H3,(H,40,41,42). The molecule has 0 saturated heterocycles. The molecule has 2 heterocycles. The van der Waals surface area contributed by atoms with Crippen molar-refractivity contribution in [1.82, 2.24) is 15.0 Å². The highest BCUT2D eigenvalue weighted by atomic mass is 79.9. The lowest BCUT2D eigenvalue weighted by Gasteiger charge is -2.22. The Morgan fingerprint density at radius 2 is 1.61 bits per heavy atom. The molecule has 5 aromatic carbocycles. The second-order valence-electron chi connectivity index (χ2n) is 10.8. The Labute approximate surface area is 279 Å². The molecule has 0 fully saturated rings. The fourth-order valence-corrected chi connectivity index (χ4v) is 5.97. The number of ether oxygens (including phenoxy) is 1. The summed E-state index contributed by atoms with van der Waals surface area (Å²) in [5, 5.41) is 11.2. The molecule has 1 aliphatic rings. The first-order valence-electron chi connectivity index (χ1n) is 14.7. The van der Waals surface area contributed by atoms with Crippen molar-refractivity contribution in [3.05, 3.63) is 148 Å². The van der Waals surface area contributed by atoms with Gasteiger partial charge < -0.3 is 10.1 Å². The van der Waals surface area contributed by atoms with Gasteiger partial charge in [0.15, 0.2) is 0 Å². The zero-order chi connectivity index (χ0) is 31.6. The number of nitrogens with one attached hydrogen (secondary N) is 1. The normalized spacial score (nSPS) is 14.3. The second kappa shape index (κ2) is 12.7. The number of rotatable bonds is 7. The van der Waals surface area contributed by atoms with Gasteiger partial charge in [0.2, 0.25) is 5.95 Å². The Balaban J connectivity index is 1.17. The van der Waals surface area contributed by atoms with E-state index in [1.165, 1.54) is 0 Å². The fourth-order valence-electron chi connectivity index (χ4n) is 5.53. The van der Waals surface area contributed by atoms with Crippen LogP contribution < -0.4 is 10.1 Å². The number of anilines is 2. The number of hydrazone groups is 1. The van der Waals surface area contributed by atoms with Gasteiger partial charge in [-0.05, 0) is 77.9 Å². The lowest BCUT2D eigenvalue weighted by atomic mass is 9.98. The minimum Gasteiger partial charge on any atom is -0.497 e. The second-order valence-corrected chi connectivity index (χ2v) is 12.2. The molecule has 6 aromatic rings. The fraction of sp³-hybridized carbons (Fsp3) is 0.0811. The number of carbonyl (C=O) groups is 1. The summed E-state index contributed by atoms with van der Waals surface area (Å²) in [5.74, 6) is 1.01. The summed E-state index contributed by atoms with van der Waals surface area (Å²) in [6.45, 7) is 0. The maximum absolute atomic E-state index is 14.0. The monoisotopic (exact) mass is 687 g/mol. The SMILES string of the molecule is COc1ccc(C2CC(c3ccc(Br)cc3)=NN2C(=O)c2ccc(Nc3nc(-c4ccccc4)c4cc(Cl)ccc4n3)cc2)cc1. The number of halogens is 2. The summed E-state index contributed by atoms with van der Waals surface area (Å²) in [5.41, 5.74) is 6.58. The van der Waals surface area contributed by atoms with Crippen molar-refractivity contribution >= 4 is 61.7 Å². The predicted molar refractivity (Wildman–Crippen MR) is 187 cm³/mol. The quantitative estimate of drug-likeness (QED) is 0.181. The number of amides is 1. The van der Waals surface area contributed by atoms with Gasteiger partial charge in [0.25, 0.3) is 5.91 Å². The Hall–Kier alpha value is -5.05. The van der Waals surface area contributed by atoms with Crippen LogP contribution in [0, 0.1) is 0 Å². The molecule has 7 rings (SSSR count). The van der Waals surface area contributed by atoms with Gasteiger partial charge in [-0.2, -0.15) is 5.10 Å². The van der Waals surface area contributed by atoms with E-state index >= 15 is 0 Å². The summed E-state index contributed by atoms with van der Waals surface area (Å²) >= 11 is 9.82. The zero-order valence-corrected chi connectivity index (χ0v) is 27.0. The number of fused-ring (bicyclic) bond motifs is 1. The van der Waals surface area contributed by atoms with Crippen LogP contribution in [0.4, 0.5) is 11.6 Å². The molecule has 0 saturated carbocycles. The number of benzene rings is 5. The molecule has 0 radical (unpaired) electrons. The highest BCUT2D eigenvalue weighted by molar-refractivity contribution is 9.10. The van der Waals surface area contributed by atoms with Crippen molar-refractivity contribution < 1.29 is 9.53 Å². The van der Waals surface area contributed by atoms with Gasteiger partial charge in [0.05, 0.1) is 30.1 Å². The van der Waals surface area contributed by atoms with Gasteiger partial charge in [-0.3, -0.25) is 4.79 Å². The van der Waals surface area contributed by atoms with Gasteiger partial charge in [-0.25, -0.2) is 15.0 Å². The van der Waals surface area contributed by atoms with E-state index in [4.69, 9.17) is 31.4 Å². The molecular weight excluding hydrogens is 662 g/mol. The molecule has 226 valence electrons. The zero-order valence-electron chi connectivity index (χ0n) is 24.7. The number of carbonyl (C=O) groups excluding carboxylic acids is 1. The highest BCUT2D eigenvalue weighted by Gasteiger charge is 2.33. The topological polar surface area (TPSA) is 79.7 Å². The molecule has 1 aliphatic heterocycles. The van der Waals surface area contributed by atoms with E-state index in [2.05, 4.69) is 21.2 Å². The Morgan fingerprint density at radius 1 is 0.870 bits per heavy atom. The van der Waals surface area contributed by atoms with Crippen molar-refractivity contribution in [2.75, 3.05) is 12.4 Å². The van der Waals surface area contributed by atoms with Crippen LogP contribution in [0.2, 0.25) is 5.02 Å². The summed E-state index contributed by atoms with van der Waals surface area (Å²) in [6, 6.07) is 38.3. The first-order valence-corrected chi connectivity index (χ1v) is 15.8. The molecule has 0 spiro atoms. The van der Waals surface area contributed by atoms with Crippen molar-refractivity contribution in [1.29, 1.82) is 0 Å². The minimum absolute atomic E-state index is 0.190. The summed E-state index contributed by atoms with van der Waals surface area (Å²) in [7, 11) is 1.64. The van der Waals surface area contributed by atoms with Gasteiger partial charge >= 0.3 is 0 Å². The van der Waals surface area contributed by atoms with Crippen LogP contribution in [0.1, 0.15) is 33.9 Å². The first-order chi connectivity index (χ1) is 22.4. The van der Waals surface area contributed by atoms with Gasteiger partial charge in [0.1, 0.15) is 5.75 Å². The lowest BCUT2D eigenvalue weighted by molar-refractivity contribution is 0.0711. The van der Waals surface area contributed by atoms with Crippen molar-refractivity contribution in [2.45, 2.75) is 12.5 Å². The molecule has 0 bridgehead atoms. The Kier molecular flexibility index (Phi) is 8.22. The van der Waals surface area contributed by atoms with Crippen LogP contribution in [0.3, 0.4) is 0 Å². The number of hydrogen-bond acceptors (Lipinski definition) is 6. The molecule has 1 amide bonds. The van der Waals surface area contributed by atoms with Crippen LogP contribution in [0.25, 0.3) is 22.2 Å². The minimum atomic E-state index is -0.259. The molecule has 7 nitrogen and oxygen atoms in total. The van der Waals surface area contributed by atoms with Crippen LogP contribution in [-0.2, 0) is 0 Å². The Morgan fingerprint density at radius 3 is 2.33 bits per heavy atom. The third-order valence-corrected chi connectivity index (χ3v) is 8.65. The van der Waals surface area contributed by atoms with Crippen molar-refractivity contribution in [2.24, 2.45) is 5.10 Å². The summed E-state index contributed by atoms with van der Waals surface area (Å²) in [6.07, 6.45) is 0.591. The van der Waals surface area contributed by atoms with Crippen LogP contribution in [-0.4, -0.2) is 33.7 Å². The number of hydrogen-bond donors (Lipinski definition) is 1. The van der Waals surface area contributed by atoms with Crippen LogP contribution >= 0.6 is 27.5 Å². The Bertz CT molecular complexity index is 2070. The maximum atomic E-state index is 14.0. The summed E-state index contributed by atoms with van der Waals surface area (Å²) < 4.78 is 6.34. The van der Waals surface area contributed by atoms with E-state index in [-0.39, 0.29) is 11.9 Å². The van der Waals surface area contributed by atoms with Crippen molar-refractivity contribution in [3.8, 4) is 17.0 Å². The maximum Gasteiger partial charge on any atom is 0.274 e. The molecule has 46 heavy (non-hydrogen) atoms. The molecule has 1 aromatic heterocycles. The van der Waals surface area contributed by atoms with E-state index in [1.54, 1.807) is 24.3 Å². The molecule has 1 N–H and O–H groups in total. The van der Waals surface area contributed by atoms with Crippen molar-refractivity contribution in [3.63, 3.8) is 0 Å². The van der Waals surface area contributed by atoms with E-state index in [0.29, 0.717) is 23.0 Å². The molecule has 0 aliphatic carbocycles. The van der Waals surface area contributed by atoms with Gasteiger partial charge in [-0.15, -0.1) is 0 Å². The third kappa shape index (κ3) is 6.09. The predicted octanol–water partition coefficient (Wildman–Crippen LogP) is 9.46. The molecule has 1 unspecified atom stereocenters. The van der Waals surface area contributed by atoms with E-state index in [0.717, 1.165) is 54.9 Å². The first kappa shape index (κ1) is 29.6. The van der Waals surface area contributed by atoms with Crippen LogP contribution in [0.15, 0.2) is 131 Å². The van der Waals surface area contributed by atoms with E-state index in [9.17, 15) is 4.79 Å². The van der Waals surface area contributed by atoms with Gasteiger partial charge in [-0.1, -0.05) is 82.1 Å². The third-order valence-electron chi connectivity index (χ3n) is 7.89. The van der Waals surface area contributed by atoms with Gasteiger partial charge in [0, 0.05) is 38.1 Å². The number of nitrogens with zero attached hydrogens (tertiary/aromatic N) is 4. The molecule has 9 heteroatoms. The highest BCUT2D eigenvalue weighted by Crippen LogP contribution is 2.35. The van der Waals surface area contributed by atoms with Crippen LogP contribution in [0.5, 0.6) is 5.75 Å². The molecular formula is C37H27BrClN5O2. The largest absolute Gasteiger partial charge is 0.497 e. The average molecular weight is 689 g/mol. The van der Waals surface area contributed by atoms with E-state index < -0.39 is 0 Å². The van der Waals surface area contributed by atoms with E-state index in [1.807, 2.05) is 109 Å². The summed E-state index contributed by atoms with van der Waals surface area (Å²) in [4.78, 5) is 23.5. The lowest BCUT2D eigenvalue weighted by Crippen LogP contribution is -2.27. The number of aromatic nitrogens is 2. The smallest absolute Gasteiger partial charge is 0.274 e. The number of methoxy groups -OCH3 is 1. The molecule has 1 atom stereocenters.